The molecule has 0 saturated heterocycles. The van der Waals surface area contributed by atoms with Gasteiger partial charge in [0, 0.05) is 31.1 Å². The molecule has 0 radical (unpaired) electrons. The number of aryl methyl sites for hydroxylation is 2. The fourth-order valence-corrected chi connectivity index (χ4v) is 4.64. The van der Waals surface area contributed by atoms with Crippen molar-refractivity contribution in [2.45, 2.75) is 79.7 Å². The average Bonchev–Trinajstić information content (AvgIpc) is 3.53. The zero-order chi connectivity index (χ0) is 33.7. The van der Waals surface area contributed by atoms with Crippen LogP contribution in [-0.2, 0) is 55.0 Å². The maximum absolute atomic E-state index is 13.8. The van der Waals surface area contributed by atoms with Crippen LogP contribution in [0.25, 0.3) is 5.57 Å². The van der Waals surface area contributed by atoms with E-state index in [0.29, 0.717) is 17.2 Å². The van der Waals surface area contributed by atoms with E-state index in [-0.39, 0.29) is 50.3 Å². The number of ether oxygens (including phenoxy) is 1. The number of halogens is 1. The van der Waals surface area contributed by atoms with Gasteiger partial charge in [-0.3, -0.25) is 4.99 Å². The summed E-state index contributed by atoms with van der Waals surface area (Å²) >= 11 is -1.64. The van der Waals surface area contributed by atoms with Crippen molar-refractivity contribution in [3.8, 4) is 5.75 Å². The van der Waals surface area contributed by atoms with Crippen LogP contribution >= 0.6 is 0 Å². The van der Waals surface area contributed by atoms with Crippen LogP contribution in [0.5, 0.6) is 5.75 Å². The van der Waals surface area contributed by atoms with E-state index in [1.54, 1.807) is 6.07 Å². The molecule has 0 amide bonds. The Morgan fingerprint density at radius 3 is 2.31 bits per heavy atom. The third-order valence-electron chi connectivity index (χ3n) is 7.08. The Hall–Kier alpha value is -2.00. The molecule has 0 aromatic heterocycles. The number of benzene rings is 2. The molecule has 1 aliphatic heterocycles. The molecule has 6 nitrogen and oxygen atoms in total. The number of hydrogen-bond donors (Lipinski definition) is 1. The van der Waals surface area contributed by atoms with E-state index in [0.717, 1.165) is 54.5 Å². The first-order chi connectivity index (χ1) is 21.0. The van der Waals surface area contributed by atoms with Gasteiger partial charge >= 0.3 is 32.7 Å². The monoisotopic (exact) mass is 716 g/mol. The number of aliphatic imine (C=N–C) groups is 1. The van der Waals surface area contributed by atoms with Gasteiger partial charge in [-0.05, 0) is 56.2 Å². The number of hydrogen-bond acceptors (Lipinski definition) is 5. The molecule has 45 heavy (non-hydrogen) atoms. The predicted molar refractivity (Wildman–Crippen MR) is 185 cm³/mol. The number of rotatable bonds is 12. The quantitative estimate of drug-likeness (QED) is 0.176. The van der Waals surface area contributed by atoms with Crippen molar-refractivity contribution in [3.63, 3.8) is 0 Å². The maximum Gasteiger partial charge on any atom is 3.00 e. The van der Waals surface area contributed by atoms with Gasteiger partial charge in [-0.1, -0.05) is 51.3 Å². The summed E-state index contributed by atoms with van der Waals surface area (Å²) in [5, 5.41) is 0. The van der Waals surface area contributed by atoms with Gasteiger partial charge in [0.25, 0.3) is 0 Å². The third-order valence-corrected chi connectivity index (χ3v) is 7.67. The van der Waals surface area contributed by atoms with E-state index < -0.39 is 11.1 Å². The molecule has 0 saturated carbocycles. The summed E-state index contributed by atoms with van der Waals surface area (Å²) in [6, 6.07) is 11.1. The van der Waals surface area contributed by atoms with Crippen molar-refractivity contribution in [3.05, 3.63) is 96.8 Å². The van der Waals surface area contributed by atoms with Gasteiger partial charge in [-0.2, -0.15) is 18.9 Å². The first kappa shape index (κ1) is 45.1. The predicted octanol–water partition coefficient (Wildman–Crippen LogP) is 8.58. The van der Waals surface area contributed by atoms with Crippen LogP contribution in [0.15, 0.2) is 59.9 Å². The van der Waals surface area contributed by atoms with Crippen molar-refractivity contribution < 1.29 is 55.4 Å². The summed E-state index contributed by atoms with van der Waals surface area (Å²) in [5.74, 6) is 0.689. The summed E-state index contributed by atoms with van der Waals surface area (Å²) in [7, 11) is 3.49. The molecule has 1 heterocycles. The Kier molecular flexibility index (Phi) is 26.2. The Morgan fingerprint density at radius 2 is 1.84 bits per heavy atom. The third kappa shape index (κ3) is 16.9. The van der Waals surface area contributed by atoms with Crippen LogP contribution < -0.4 is 4.74 Å². The Balaban J connectivity index is 0. The van der Waals surface area contributed by atoms with Crippen molar-refractivity contribution in [2.24, 2.45) is 10.9 Å². The summed E-state index contributed by atoms with van der Waals surface area (Å²) in [6.07, 6.45) is 11.9. The minimum Gasteiger partial charge on any atom is -0.494 e. The molecule has 0 aliphatic carbocycles. The molecule has 2 unspecified atom stereocenters. The van der Waals surface area contributed by atoms with Crippen LogP contribution in [0, 0.1) is 32.5 Å². The Morgan fingerprint density at radius 1 is 1.20 bits per heavy atom. The minimum atomic E-state index is -1.64. The fraction of sp³-hybridized carbons (Fsp3) is 0.444. The molecule has 3 rings (SSSR count). The van der Waals surface area contributed by atoms with Gasteiger partial charge < -0.3 is 32.8 Å². The average molecular weight is 717 g/mol. The van der Waals surface area contributed by atoms with Crippen LogP contribution in [0.4, 0.5) is 4.39 Å². The second kappa shape index (κ2) is 26.1. The molecule has 1 aliphatic rings. The number of allylic oxidation sites excluding steroid dienone is 2. The molecule has 0 fully saturated rings. The van der Waals surface area contributed by atoms with Crippen LogP contribution in [0.3, 0.4) is 0 Å². The summed E-state index contributed by atoms with van der Waals surface area (Å²) in [5.41, 5.74) is 5.92. The SMILES string of the molecule is C/C=C\N(C)C(C)C1=NC=C(c2ccc(OC)c(F)c2)C1.CC.CCc1ccc([C-]=O)c(C)c1.[CH2-]CC(C[CH2-])CCS(=O)O.[Y+3]. The van der Waals surface area contributed by atoms with Gasteiger partial charge in [0.05, 0.1) is 19.4 Å². The first-order valence-corrected chi connectivity index (χ1v) is 16.4. The second-order valence-corrected chi connectivity index (χ2v) is 11.0. The van der Waals surface area contributed by atoms with E-state index in [2.05, 4.69) is 37.6 Å². The number of carbonyl (C=O) groups excluding carboxylic acids is 1. The molecule has 0 spiro atoms. The van der Waals surface area contributed by atoms with E-state index in [9.17, 15) is 13.4 Å². The molecular formula is C36H52FN2O4SY. The van der Waals surface area contributed by atoms with Crippen LogP contribution in [0.1, 0.15) is 82.6 Å². The first-order valence-electron chi connectivity index (χ1n) is 15.1. The van der Waals surface area contributed by atoms with Crippen molar-refractivity contribution in [2.75, 3.05) is 19.9 Å². The van der Waals surface area contributed by atoms with Gasteiger partial charge in [-0.25, -0.2) is 8.60 Å². The van der Waals surface area contributed by atoms with Crippen LogP contribution in [-0.4, -0.2) is 51.6 Å². The number of nitrogens with zero attached hydrogens (tertiary/aromatic N) is 2. The molecule has 2 aromatic carbocycles. The van der Waals surface area contributed by atoms with Gasteiger partial charge in [0.15, 0.2) is 22.6 Å². The van der Waals surface area contributed by atoms with Crippen LogP contribution in [0.2, 0.25) is 0 Å². The van der Waals surface area contributed by atoms with E-state index in [4.69, 9.17) is 9.29 Å². The van der Waals surface area contributed by atoms with Crippen molar-refractivity contribution in [1.82, 2.24) is 4.90 Å². The van der Waals surface area contributed by atoms with E-state index in [1.807, 2.05) is 83.8 Å². The number of methoxy groups -OCH3 is 1. The zero-order valence-electron chi connectivity index (χ0n) is 28.4. The summed E-state index contributed by atoms with van der Waals surface area (Å²) in [6.45, 7) is 19.6. The van der Waals surface area contributed by atoms with Gasteiger partial charge in [0.2, 0.25) is 0 Å². The molecule has 0 bridgehead atoms. The molecular weight excluding hydrogens is 664 g/mol. The normalized spacial score (nSPS) is 13.0. The largest absolute Gasteiger partial charge is 3.00 e. The molecule has 1 N–H and O–H groups in total. The topological polar surface area (TPSA) is 79.2 Å². The summed E-state index contributed by atoms with van der Waals surface area (Å²) < 4.78 is 37.4. The molecule has 2 atom stereocenters. The fourth-order valence-electron chi connectivity index (χ4n) is 4.11. The standard InChI is InChI=1S/C17H21FN2O.C10H11O.C7H14O2S.C2H6.Y/c1-5-8-20(3)12(2)16-10-14(11-19-16)13-6-7-17(21-4)15(18)9-13;1-3-9-4-5-10(7-11)8(2)6-9;1-3-7(4-2)5-6-10(8)9;1-2;/h5-9,11-12H,10H2,1-4H3;4-6H,3H2,1-2H3;7H,1-6H2,(H,8,9);1-2H3;/q;-1;-2;;+3/b8-5-;;;;. The van der Waals surface area contributed by atoms with E-state index >= 15 is 0 Å². The second-order valence-electron chi connectivity index (χ2n) is 9.99. The van der Waals surface area contributed by atoms with Crippen molar-refractivity contribution in [1.29, 1.82) is 0 Å². The molecule has 9 heteroatoms. The zero-order valence-corrected chi connectivity index (χ0v) is 32.1. The summed E-state index contributed by atoms with van der Waals surface area (Å²) in [4.78, 5) is 16.9. The minimum absolute atomic E-state index is 0. The van der Waals surface area contributed by atoms with Gasteiger partial charge in [-0.15, -0.1) is 23.3 Å². The Labute approximate surface area is 300 Å². The Bertz CT molecular complexity index is 1250. The maximum atomic E-state index is 13.8. The molecule has 246 valence electrons. The van der Waals surface area contributed by atoms with Gasteiger partial charge in [0.1, 0.15) is 0 Å². The van der Waals surface area contributed by atoms with Crippen molar-refractivity contribution >= 4 is 28.7 Å². The smallest absolute Gasteiger partial charge is 0.494 e. The van der Waals surface area contributed by atoms with E-state index in [1.165, 1.54) is 18.7 Å². The molecule has 2 aromatic rings.